The van der Waals surface area contributed by atoms with Gasteiger partial charge in [-0.25, -0.2) is 0 Å². The summed E-state index contributed by atoms with van der Waals surface area (Å²) in [5.41, 5.74) is 2.55. The number of amides is 1. The maximum absolute atomic E-state index is 13.4. The van der Waals surface area contributed by atoms with Crippen molar-refractivity contribution in [3.8, 4) is 17.2 Å². The molecule has 1 aliphatic heterocycles. The number of hydrogen-bond donors (Lipinski definition) is 3. The van der Waals surface area contributed by atoms with Crippen molar-refractivity contribution in [2.24, 2.45) is 0 Å². The van der Waals surface area contributed by atoms with Crippen molar-refractivity contribution in [3.63, 3.8) is 0 Å². The van der Waals surface area contributed by atoms with Crippen LogP contribution in [-0.4, -0.2) is 52.6 Å². The van der Waals surface area contributed by atoms with Gasteiger partial charge in [-0.1, -0.05) is 36.4 Å². The van der Waals surface area contributed by atoms with Crippen LogP contribution < -0.4 is 9.47 Å². The number of Topliss-reactive ketones (excluding diaryl/α,β-unsaturated/α-hetero) is 1. The van der Waals surface area contributed by atoms with Gasteiger partial charge >= 0.3 is 0 Å². The van der Waals surface area contributed by atoms with Crippen molar-refractivity contribution in [2.45, 2.75) is 12.5 Å². The van der Waals surface area contributed by atoms with Crippen molar-refractivity contribution in [2.75, 3.05) is 20.8 Å². The van der Waals surface area contributed by atoms with E-state index in [1.807, 2.05) is 30.5 Å². The fraction of sp³-hybridized carbons (Fsp3) is 0.172. The number of nitrogens with zero attached hydrogens (tertiary/aromatic N) is 1. The van der Waals surface area contributed by atoms with Crippen LogP contribution in [0.4, 0.5) is 0 Å². The number of ether oxygens (including phenoxy) is 2. The molecule has 8 nitrogen and oxygen atoms in total. The molecule has 4 aromatic rings. The Labute approximate surface area is 213 Å². The number of hydrogen-bond acceptors (Lipinski definition) is 6. The molecule has 1 unspecified atom stereocenters. The Morgan fingerprint density at radius 1 is 0.973 bits per heavy atom. The van der Waals surface area contributed by atoms with Crippen LogP contribution in [0.15, 0.2) is 78.5 Å². The number of aromatic nitrogens is 1. The summed E-state index contributed by atoms with van der Waals surface area (Å²) in [5, 5.41) is 22.7. The van der Waals surface area contributed by atoms with Crippen molar-refractivity contribution in [1.29, 1.82) is 0 Å². The Hall–Kier alpha value is -4.72. The minimum Gasteiger partial charge on any atom is -0.508 e. The van der Waals surface area contributed by atoms with Gasteiger partial charge < -0.3 is 29.6 Å². The maximum Gasteiger partial charge on any atom is 0.295 e. The lowest BCUT2D eigenvalue weighted by Gasteiger charge is -2.25. The molecule has 1 saturated heterocycles. The van der Waals surface area contributed by atoms with E-state index in [1.165, 1.54) is 31.3 Å². The molecule has 0 spiro atoms. The molecule has 5 rings (SSSR count). The van der Waals surface area contributed by atoms with Crippen LogP contribution in [0, 0.1) is 0 Å². The molecule has 1 fully saturated rings. The third-order valence-corrected chi connectivity index (χ3v) is 6.69. The number of aromatic hydroxyl groups is 1. The Bertz CT molecular complexity index is 1510. The second-order valence-electron chi connectivity index (χ2n) is 8.73. The van der Waals surface area contributed by atoms with Crippen LogP contribution in [0.1, 0.15) is 22.7 Å². The van der Waals surface area contributed by atoms with E-state index in [-0.39, 0.29) is 34.9 Å². The van der Waals surface area contributed by atoms with Crippen LogP contribution in [-0.2, 0) is 16.0 Å². The van der Waals surface area contributed by atoms with E-state index in [4.69, 9.17) is 9.47 Å². The minimum absolute atomic E-state index is 0.0189. The number of carbonyl (C=O) groups is 2. The van der Waals surface area contributed by atoms with Crippen LogP contribution in [0.5, 0.6) is 17.2 Å². The number of nitrogens with one attached hydrogen (secondary N) is 1. The average molecular weight is 499 g/mol. The fourth-order valence-corrected chi connectivity index (χ4v) is 4.95. The molecule has 0 aliphatic carbocycles. The summed E-state index contributed by atoms with van der Waals surface area (Å²) in [7, 11) is 2.89. The molecule has 0 radical (unpaired) electrons. The number of rotatable bonds is 7. The number of para-hydroxylation sites is 1. The maximum atomic E-state index is 13.4. The van der Waals surface area contributed by atoms with E-state index in [0.717, 1.165) is 16.5 Å². The number of phenolic OH excluding ortho intramolecular Hbond substituents is 1. The Kier molecular flexibility index (Phi) is 6.31. The number of H-pyrrole nitrogens is 1. The summed E-state index contributed by atoms with van der Waals surface area (Å²) < 4.78 is 10.9. The highest BCUT2D eigenvalue weighted by Gasteiger charge is 2.46. The van der Waals surface area contributed by atoms with Crippen molar-refractivity contribution < 1.29 is 29.3 Å². The molecule has 188 valence electrons. The van der Waals surface area contributed by atoms with E-state index >= 15 is 0 Å². The lowest BCUT2D eigenvalue weighted by Crippen LogP contribution is -2.31. The largest absolute Gasteiger partial charge is 0.508 e. The summed E-state index contributed by atoms with van der Waals surface area (Å²) in [6.07, 6.45) is 2.37. The van der Waals surface area contributed by atoms with Crippen molar-refractivity contribution in [1.82, 2.24) is 9.88 Å². The molecular weight excluding hydrogens is 472 g/mol. The molecule has 1 amide bonds. The summed E-state index contributed by atoms with van der Waals surface area (Å²) in [6.45, 7) is 0.215. The third-order valence-electron chi connectivity index (χ3n) is 6.69. The van der Waals surface area contributed by atoms with Crippen LogP contribution in [0.3, 0.4) is 0 Å². The second kappa shape index (κ2) is 9.73. The molecule has 1 aromatic heterocycles. The van der Waals surface area contributed by atoms with E-state index in [0.29, 0.717) is 12.0 Å². The van der Waals surface area contributed by atoms with E-state index in [2.05, 4.69) is 4.98 Å². The van der Waals surface area contributed by atoms with Gasteiger partial charge in [0, 0.05) is 23.6 Å². The molecule has 0 saturated carbocycles. The standard InChI is InChI=1S/C29H26N2O6/c1-36-22-11-6-12-23(37-2)24(22)27(33)25-26(17-7-5-8-19(32)15-17)31(29(35)28(25)34)14-13-18-16-30-21-10-4-3-9-20(18)21/h3-12,15-16,26,30,32-33H,13-14H2,1-2H3/b27-25+. The molecule has 1 aliphatic rings. The quantitative estimate of drug-likeness (QED) is 0.196. The van der Waals surface area contributed by atoms with Crippen molar-refractivity contribution >= 4 is 28.4 Å². The monoisotopic (exact) mass is 498 g/mol. The number of phenols is 1. The molecule has 0 bridgehead atoms. The summed E-state index contributed by atoms with van der Waals surface area (Å²) in [6, 6.07) is 18.2. The highest BCUT2D eigenvalue weighted by molar-refractivity contribution is 6.46. The predicted molar refractivity (Wildman–Crippen MR) is 139 cm³/mol. The van der Waals surface area contributed by atoms with Crippen LogP contribution in [0.2, 0.25) is 0 Å². The number of aliphatic hydroxyl groups is 1. The molecule has 3 N–H and O–H groups in total. The van der Waals surface area contributed by atoms with Gasteiger partial charge in [-0.15, -0.1) is 0 Å². The number of ketones is 1. The van der Waals surface area contributed by atoms with E-state index < -0.39 is 23.5 Å². The summed E-state index contributed by atoms with van der Waals surface area (Å²) in [4.78, 5) is 31.4. The van der Waals surface area contributed by atoms with Gasteiger partial charge in [0.15, 0.2) is 0 Å². The third kappa shape index (κ3) is 4.16. The Morgan fingerprint density at radius 2 is 1.68 bits per heavy atom. The normalized spacial score (nSPS) is 16.9. The van der Waals surface area contributed by atoms with Crippen LogP contribution in [0.25, 0.3) is 16.7 Å². The van der Waals surface area contributed by atoms with E-state index in [1.54, 1.807) is 30.3 Å². The summed E-state index contributed by atoms with van der Waals surface area (Å²) in [5.74, 6) is -1.40. The molecule has 1 atom stereocenters. The summed E-state index contributed by atoms with van der Waals surface area (Å²) >= 11 is 0. The SMILES string of the molecule is COc1cccc(OC)c1/C(O)=C1\C(=O)C(=O)N(CCc2c[nH]c3ccccc23)C1c1cccc(O)c1. The number of fused-ring (bicyclic) bond motifs is 1. The number of carbonyl (C=O) groups excluding carboxylic acids is 2. The first-order valence-corrected chi connectivity index (χ1v) is 11.8. The Morgan fingerprint density at radius 3 is 2.38 bits per heavy atom. The highest BCUT2D eigenvalue weighted by atomic mass is 16.5. The van der Waals surface area contributed by atoms with Gasteiger partial charge in [0.2, 0.25) is 0 Å². The minimum atomic E-state index is -0.924. The number of aliphatic hydroxyl groups excluding tert-OH is 1. The number of methoxy groups -OCH3 is 2. The number of aromatic amines is 1. The van der Waals surface area contributed by atoms with Gasteiger partial charge in [-0.3, -0.25) is 9.59 Å². The average Bonchev–Trinajstić information content (AvgIpc) is 3.44. The zero-order valence-electron chi connectivity index (χ0n) is 20.4. The molecule has 2 heterocycles. The van der Waals surface area contributed by atoms with Gasteiger partial charge in [0.25, 0.3) is 11.7 Å². The zero-order chi connectivity index (χ0) is 26.1. The molecular formula is C29H26N2O6. The van der Waals surface area contributed by atoms with Crippen LogP contribution >= 0.6 is 0 Å². The van der Waals surface area contributed by atoms with Gasteiger partial charge in [-0.05, 0) is 47.9 Å². The number of likely N-dealkylation sites (tertiary alicyclic amines) is 1. The zero-order valence-corrected chi connectivity index (χ0v) is 20.4. The Balaban J connectivity index is 1.63. The highest BCUT2D eigenvalue weighted by Crippen LogP contribution is 2.44. The second-order valence-corrected chi connectivity index (χ2v) is 8.73. The first-order chi connectivity index (χ1) is 17.9. The smallest absolute Gasteiger partial charge is 0.295 e. The van der Waals surface area contributed by atoms with Gasteiger partial charge in [0.05, 0.1) is 25.8 Å². The molecule has 37 heavy (non-hydrogen) atoms. The molecule has 8 heteroatoms. The predicted octanol–water partition coefficient (Wildman–Crippen LogP) is 4.56. The first-order valence-electron chi connectivity index (χ1n) is 11.8. The fourth-order valence-electron chi connectivity index (χ4n) is 4.95. The lowest BCUT2D eigenvalue weighted by molar-refractivity contribution is -0.139. The number of benzene rings is 3. The molecule has 3 aromatic carbocycles. The van der Waals surface area contributed by atoms with Crippen molar-refractivity contribution in [3.05, 3.63) is 95.2 Å². The van der Waals surface area contributed by atoms with E-state index in [9.17, 15) is 19.8 Å². The lowest BCUT2D eigenvalue weighted by atomic mass is 9.94. The first kappa shape index (κ1) is 24.0. The van der Waals surface area contributed by atoms with Gasteiger partial charge in [0.1, 0.15) is 28.6 Å². The topological polar surface area (TPSA) is 112 Å². The van der Waals surface area contributed by atoms with Gasteiger partial charge in [-0.2, -0.15) is 0 Å².